The molecule has 2 fully saturated rings. The van der Waals surface area contributed by atoms with E-state index >= 15 is 0 Å². The van der Waals surface area contributed by atoms with Gasteiger partial charge in [-0.15, -0.1) is 12.4 Å². The zero-order valence-corrected chi connectivity index (χ0v) is 9.41. The van der Waals surface area contributed by atoms with Gasteiger partial charge in [0, 0.05) is 0 Å². The van der Waals surface area contributed by atoms with Crippen molar-refractivity contribution in [2.24, 2.45) is 11.3 Å². The first kappa shape index (κ1) is 11.8. The van der Waals surface area contributed by atoms with Crippen LogP contribution in [0.2, 0.25) is 0 Å². The standard InChI is InChI=1S/C11H18N2.ClH/c12-9-11(5-7-13-8-6-11)10-3-1-2-4-10;/h10,13H,1-8H2;1H. The summed E-state index contributed by atoms with van der Waals surface area (Å²) in [6.07, 6.45) is 7.45. The fourth-order valence-corrected chi connectivity index (χ4v) is 2.96. The van der Waals surface area contributed by atoms with Crippen LogP contribution in [0, 0.1) is 22.7 Å². The molecule has 0 aromatic rings. The molecule has 3 heteroatoms. The minimum absolute atomic E-state index is 0. The zero-order chi connectivity index (χ0) is 9.15. The predicted molar refractivity (Wildman–Crippen MR) is 59.4 cm³/mol. The monoisotopic (exact) mass is 214 g/mol. The molecule has 0 aromatic heterocycles. The van der Waals surface area contributed by atoms with Crippen molar-refractivity contribution in [2.45, 2.75) is 38.5 Å². The number of piperidine rings is 1. The maximum atomic E-state index is 9.32. The van der Waals surface area contributed by atoms with Crippen molar-refractivity contribution in [2.75, 3.05) is 13.1 Å². The van der Waals surface area contributed by atoms with E-state index in [1.54, 1.807) is 0 Å². The molecule has 2 rings (SSSR count). The maximum absolute atomic E-state index is 9.32. The number of nitrogens with zero attached hydrogens (tertiary/aromatic N) is 1. The van der Waals surface area contributed by atoms with Crippen LogP contribution in [0.15, 0.2) is 0 Å². The third-order valence-corrected chi connectivity index (χ3v) is 3.86. The van der Waals surface area contributed by atoms with Gasteiger partial charge in [0.25, 0.3) is 0 Å². The lowest BCUT2D eigenvalue weighted by Crippen LogP contribution is -2.40. The Morgan fingerprint density at radius 2 is 1.71 bits per heavy atom. The number of nitriles is 1. The molecule has 0 unspecified atom stereocenters. The average molecular weight is 215 g/mol. The van der Waals surface area contributed by atoms with Crippen molar-refractivity contribution in [3.63, 3.8) is 0 Å². The van der Waals surface area contributed by atoms with Gasteiger partial charge in [0.15, 0.2) is 0 Å². The Labute approximate surface area is 92.5 Å². The summed E-state index contributed by atoms with van der Waals surface area (Å²) in [5.41, 5.74) is 0.0434. The smallest absolute Gasteiger partial charge is 0.0693 e. The van der Waals surface area contributed by atoms with Crippen LogP contribution in [0.4, 0.5) is 0 Å². The minimum Gasteiger partial charge on any atom is -0.317 e. The quantitative estimate of drug-likeness (QED) is 0.728. The van der Waals surface area contributed by atoms with E-state index in [4.69, 9.17) is 0 Å². The Hall–Kier alpha value is -0.260. The minimum atomic E-state index is 0. The first-order valence-electron chi connectivity index (χ1n) is 5.49. The van der Waals surface area contributed by atoms with E-state index in [1.807, 2.05) is 0 Å². The first-order chi connectivity index (χ1) is 6.37. The summed E-state index contributed by atoms with van der Waals surface area (Å²) in [5.74, 6) is 0.708. The van der Waals surface area contributed by atoms with Gasteiger partial charge in [-0.1, -0.05) is 12.8 Å². The fourth-order valence-electron chi connectivity index (χ4n) is 2.96. The summed E-state index contributed by atoms with van der Waals surface area (Å²) >= 11 is 0. The number of nitrogens with one attached hydrogen (secondary N) is 1. The van der Waals surface area contributed by atoms with Crippen molar-refractivity contribution in [1.29, 1.82) is 5.26 Å². The summed E-state index contributed by atoms with van der Waals surface area (Å²) in [5, 5.41) is 12.7. The number of hydrogen-bond acceptors (Lipinski definition) is 2. The van der Waals surface area contributed by atoms with E-state index < -0.39 is 0 Å². The topological polar surface area (TPSA) is 35.8 Å². The van der Waals surface area contributed by atoms with Crippen molar-refractivity contribution >= 4 is 12.4 Å². The molecule has 0 aromatic carbocycles. The molecule has 2 nitrogen and oxygen atoms in total. The lowest BCUT2D eigenvalue weighted by Gasteiger charge is -2.36. The van der Waals surface area contributed by atoms with E-state index in [0.29, 0.717) is 5.92 Å². The Bertz CT molecular complexity index is 210. The van der Waals surface area contributed by atoms with E-state index in [0.717, 1.165) is 25.9 Å². The Morgan fingerprint density at radius 1 is 1.14 bits per heavy atom. The summed E-state index contributed by atoms with van der Waals surface area (Å²) in [6.45, 7) is 2.09. The SMILES string of the molecule is Cl.N#CC1(C2CCCC2)CCNCC1. The molecule has 1 N–H and O–H groups in total. The van der Waals surface area contributed by atoms with Gasteiger partial charge in [-0.3, -0.25) is 0 Å². The van der Waals surface area contributed by atoms with Gasteiger partial charge in [-0.05, 0) is 44.7 Å². The molecule has 2 aliphatic rings. The third-order valence-electron chi connectivity index (χ3n) is 3.86. The van der Waals surface area contributed by atoms with Gasteiger partial charge in [-0.25, -0.2) is 0 Å². The molecule has 1 aliphatic carbocycles. The normalized spacial score (nSPS) is 26.5. The van der Waals surface area contributed by atoms with E-state index in [-0.39, 0.29) is 17.8 Å². The van der Waals surface area contributed by atoms with Crippen LogP contribution >= 0.6 is 12.4 Å². The Morgan fingerprint density at radius 3 is 2.21 bits per heavy atom. The third kappa shape index (κ3) is 2.04. The van der Waals surface area contributed by atoms with E-state index in [9.17, 15) is 5.26 Å². The largest absolute Gasteiger partial charge is 0.317 e. The fraction of sp³-hybridized carbons (Fsp3) is 0.909. The molecule has 14 heavy (non-hydrogen) atoms. The lowest BCUT2D eigenvalue weighted by molar-refractivity contribution is 0.178. The van der Waals surface area contributed by atoms with Crippen LogP contribution < -0.4 is 5.32 Å². The van der Waals surface area contributed by atoms with Gasteiger partial charge in [0.1, 0.15) is 0 Å². The molecule has 1 heterocycles. The molecule has 1 aliphatic heterocycles. The van der Waals surface area contributed by atoms with E-state index in [1.165, 1.54) is 25.7 Å². The second-order valence-corrected chi connectivity index (χ2v) is 4.50. The number of rotatable bonds is 1. The molecular formula is C11H19ClN2. The maximum Gasteiger partial charge on any atom is 0.0693 e. The van der Waals surface area contributed by atoms with E-state index in [2.05, 4.69) is 11.4 Å². The van der Waals surface area contributed by atoms with Crippen molar-refractivity contribution in [1.82, 2.24) is 5.32 Å². The molecule has 0 bridgehead atoms. The van der Waals surface area contributed by atoms with Crippen LogP contribution in [0.5, 0.6) is 0 Å². The van der Waals surface area contributed by atoms with Gasteiger partial charge < -0.3 is 5.32 Å². The highest BCUT2D eigenvalue weighted by Gasteiger charge is 2.40. The Balaban J connectivity index is 0.000000980. The molecule has 1 saturated heterocycles. The highest BCUT2D eigenvalue weighted by molar-refractivity contribution is 5.85. The summed E-state index contributed by atoms with van der Waals surface area (Å²) in [7, 11) is 0. The molecule has 80 valence electrons. The van der Waals surface area contributed by atoms with Crippen LogP contribution in [0.3, 0.4) is 0 Å². The average Bonchev–Trinajstić information content (AvgIpc) is 2.72. The van der Waals surface area contributed by atoms with Crippen LogP contribution in [0.25, 0.3) is 0 Å². The van der Waals surface area contributed by atoms with Crippen molar-refractivity contribution < 1.29 is 0 Å². The zero-order valence-electron chi connectivity index (χ0n) is 8.59. The number of hydrogen-bond donors (Lipinski definition) is 1. The van der Waals surface area contributed by atoms with Crippen LogP contribution in [0.1, 0.15) is 38.5 Å². The molecular weight excluding hydrogens is 196 g/mol. The van der Waals surface area contributed by atoms with Crippen molar-refractivity contribution in [3.8, 4) is 6.07 Å². The van der Waals surface area contributed by atoms with Crippen LogP contribution in [-0.2, 0) is 0 Å². The van der Waals surface area contributed by atoms with Gasteiger partial charge in [-0.2, -0.15) is 5.26 Å². The van der Waals surface area contributed by atoms with Crippen molar-refractivity contribution in [3.05, 3.63) is 0 Å². The predicted octanol–water partition coefficient (Wildman–Crippen LogP) is 2.49. The van der Waals surface area contributed by atoms with Crippen LogP contribution in [-0.4, -0.2) is 13.1 Å². The second kappa shape index (κ2) is 5.00. The second-order valence-electron chi connectivity index (χ2n) is 4.50. The lowest BCUT2D eigenvalue weighted by atomic mass is 9.69. The summed E-state index contributed by atoms with van der Waals surface area (Å²) < 4.78 is 0. The first-order valence-corrected chi connectivity index (χ1v) is 5.49. The summed E-state index contributed by atoms with van der Waals surface area (Å²) in [6, 6.07) is 2.62. The molecule has 0 radical (unpaired) electrons. The Kier molecular flexibility index (Phi) is 4.22. The van der Waals surface area contributed by atoms with Gasteiger partial charge in [0.05, 0.1) is 11.5 Å². The number of halogens is 1. The molecule has 0 spiro atoms. The molecule has 1 saturated carbocycles. The summed E-state index contributed by atoms with van der Waals surface area (Å²) in [4.78, 5) is 0. The van der Waals surface area contributed by atoms with Gasteiger partial charge >= 0.3 is 0 Å². The highest BCUT2D eigenvalue weighted by atomic mass is 35.5. The molecule has 0 atom stereocenters. The highest BCUT2D eigenvalue weighted by Crippen LogP contribution is 2.45. The van der Waals surface area contributed by atoms with Gasteiger partial charge in [0.2, 0.25) is 0 Å². The molecule has 0 amide bonds.